The van der Waals surface area contributed by atoms with Gasteiger partial charge in [0.1, 0.15) is 0 Å². The predicted octanol–water partition coefficient (Wildman–Crippen LogP) is 3.19. The molecule has 1 saturated heterocycles. The highest BCUT2D eigenvalue weighted by molar-refractivity contribution is 5.77. The standard InChI is InChI=1S/C24H36N4O2/c1-18(2)5-3-7-23(29)27-16-22-11-10-21(28(22)17-19-8-9-19)13-24(30)26-15-20-6-4-12-25-14-20/h4-6,12,14,19,21-22H,3,7-11,13,15-17H2,1-2H3,(H,26,30)(H,27,29)/t21-,22+/m1/s1. The maximum Gasteiger partial charge on any atom is 0.221 e. The quantitative estimate of drug-likeness (QED) is 0.548. The van der Waals surface area contributed by atoms with Crippen molar-refractivity contribution >= 4 is 11.8 Å². The van der Waals surface area contributed by atoms with Crippen LogP contribution in [0, 0.1) is 5.92 Å². The molecule has 1 saturated carbocycles. The van der Waals surface area contributed by atoms with Crippen molar-refractivity contribution < 1.29 is 9.59 Å². The molecule has 2 amide bonds. The Morgan fingerprint density at radius 3 is 2.63 bits per heavy atom. The van der Waals surface area contributed by atoms with Crippen LogP contribution in [0.1, 0.15) is 64.4 Å². The van der Waals surface area contributed by atoms with Gasteiger partial charge in [0.05, 0.1) is 0 Å². The zero-order valence-corrected chi connectivity index (χ0v) is 18.4. The van der Waals surface area contributed by atoms with E-state index >= 15 is 0 Å². The molecule has 164 valence electrons. The van der Waals surface area contributed by atoms with E-state index in [0.717, 1.165) is 37.3 Å². The van der Waals surface area contributed by atoms with Gasteiger partial charge in [0.2, 0.25) is 11.8 Å². The molecule has 6 heteroatoms. The lowest BCUT2D eigenvalue weighted by Crippen LogP contribution is -2.45. The molecule has 2 N–H and O–H groups in total. The molecule has 6 nitrogen and oxygen atoms in total. The Balaban J connectivity index is 1.45. The molecule has 0 radical (unpaired) electrons. The summed E-state index contributed by atoms with van der Waals surface area (Å²) in [5.41, 5.74) is 2.26. The number of likely N-dealkylation sites (tertiary alicyclic amines) is 1. The van der Waals surface area contributed by atoms with Crippen molar-refractivity contribution in [1.29, 1.82) is 0 Å². The number of nitrogens with zero attached hydrogens (tertiary/aromatic N) is 2. The summed E-state index contributed by atoms with van der Waals surface area (Å²) in [5, 5.41) is 6.16. The van der Waals surface area contributed by atoms with Gasteiger partial charge >= 0.3 is 0 Å². The Morgan fingerprint density at radius 1 is 1.13 bits per heavy atom. The number of allylic oxidation sites excluding steroid dienone is 2. The van der Waals surface area contributed by atoms with Crippen LogP contribution in [0.3, 0.4) is 0 Å². The average Bonchev–Trinajstić information content (AvgIpc) is 3.47. The van der Waals surface area contributed by atoms with Gasteiger partial charge in [-0.2, -0.15) is 0 Å². The van der Waals surface area contributed by atoms with Gasteiger partial charge in [-0.1, -0.05) is 17.7 Å². The van der Waals surface area contributed by atoms with Crippen molar-refractivity contribution in [3.63, 3.8) is 0 Å². The summed E-state index contributed by atoms with van der Waals surface area (Å²) in [5.74, 6) is 0.979. The third kappa shape index (κ3) is 7.56. The number of carbonyl (C=O) groups is 2. The number of pyridine rings is 1. The first kappa shape index (κ1) is 22.5. The average molecular weight is 413 g/mol. The second kappa shape index (κ2) is 11.3. The number of hydrogen-bond donors (Lipinski definition) is 2. The van der Waals surface area contributed by atoms with E-state index in [1.165, 1.54) is 18.4 Å². The smallest absolute Gasteiger partial charge is 0.221 e. The van der Waals surface area contributed by atoms with E-state index in [4.69, 9.17) is 0 Å². The number of rotatable bonds is 11. The first-order chi connectivity index (χ1) is 14.5. The monoisotopic (exact) mass is 412 g/mol. The van der Waals surface area contributed by atoms with Crippen LogP contribution in [-0.2, 0) is 16.1 Å². The van der Waals surface area contributed by atoms with Crippen LogP contribution in [0.2, 0.25) is 0 Å². The Labute approximate surface area is 180 Å². The fourth-order valence-corrected chi connectivity index (χ4v) is 4.15. The lowest BCUT2D eigenvalue weighted by atomic mass is 10.1. The Hall–Kier alpha value is -2.21. The highest BCUT2D eigenvalue weighted by atomic mass is 16.2. The van der Waals surface area contributed by atoms with E-state index in [1.54, 1.807) is 12.4 Å². The van der Waals surface area contributed by atoms with Gasteiger partial charge in [-0.25, -0.2) is 0 Å². The van der Waals surface area contributed by atoms with Crippen LogP contribution in [0.25, 0.3) is 0 Å². The van der Waals surface area contributed by atoms with Crippen molar-refractivity contribution in [3.8, 4) is 0 Å². The molecule has 1 aliphatic carbocycles. The first-order valence-electron chi connectivity index (χ1n) is 11.3. The van der Waals surface area contributed by atoms with E-state index in [-0.39, 0.29) is 17.9 Å². The van der Waals surface area contributed by atoms with E-state index in [2.05, 4.69) is 40.4 Å². The minimum absolute atomic E-state index is 0.0936. The van der Waals surface area contributed by atoms with E-state index in [9.17, 15) is 9.59 Å². The Morgan fingerprint density at radius 2 is 1.93 bits per heavy atom. The number of hydrogen-bond acceptors (Lipinski definition) is 4. The summed E-state index contributed by atoms with van der Waals surface area (Å²) >= 11 is 0. The van der Waals surface area contributed by atoms with Crippen LogP contribution >= 0.6 is 0 Å². The summed E-state index contributed by atoms with van der Waals surface area (Å²) in [4.78, 5) is 31.3. The lowest BCUT2D eigenvalue weighted by Gasteiger charge is -2.30. The summed E-state index contributed by atoms with van der Waals surface area (Å²) in [6, 6.07) is 4.47. The summed E-state index contributed by atoms with van der Waals surface area (Å²) in [6.45, 7) is 6.37. The normalized spacial score (nSPS) is 21.3. The third-order valence-electron chi connectivity index (χ3n) is 6.03. The Bertz CT molecular complexity index is 726. The van der Waals surface area contributed by atoms with Crippen molar-refractivity contribution in [2.75, 3.05) is 13.1 Å². The zero-order valence-electron chi connectivity index (χ0n) is 18.4. The second-order valence-corrected chi connectivity index (χ2v) is 8.99. The minimum atomic E-state index is 0.0936. The van der Waals surface area contributed by atoms with Crippen molar-refractivity contribution in [1.82, 2.24) is 20.5 Å². The topological polar surface area (TPSA) is 74.3 Å². The molecule has 2 atom stereocenters. The number of aromatic nitrogens is 1. The number of carbonyl (C=O) groups excluding carboxylic acids is 2. The molecule has 0 aromatic carbocycles. The SMILES string of the molecule is CC(C)=CCCC(=O)NC[C@@H]1CC[C@H](CC(=O)NCc2cccnc2)N1CC1CC1. The molecule has 30 heavy (non-hydrogen) atoms. The maximum atomic E-state index is 12.5. The van der Waals surface area contributed by atoms with Crippen LogP contribution in [0.15, 0.2) is 36.2 Å². The lowest BCUT2D eigenvalue weighted by molar-refractivity contribution is -0.123. The van der Waals surface area contributed by atoms with Crippen LogP contribution < -0.4 is 10.6 Å². The molecule has 1 aromatic rings. The number of amides is 2. The zero-order chi connectivity index (χ0) is 21.3. The van der Waals surface area contributed by atoms with Crippen molar-refractivity contribution in [3.05, 3.63) is 41.7 Å². The van der Waals surface area contributed by atoms with Gasteiger partial charge in [-0.3, -0.25) is 19.5 Å². The van der Waals surface area contributed by atoms with Gasteiger partial charge in [0.25, 0.3) is 0 Å². The highest BCUT2D eigenvalue weighted by Gasteiger charge is 2.37. The van der Waals surface area contributed by atoms with E-state index in [0.29, 0.717) is 32.0 Å². The fraction of sp³-hybridized carbons (Fsp3) is 0.625. The van der Waals surface area contributed by atoms with Crippen LogP contribution in [0.5, 0.6) is 0 Å². The van der Waals surface area contributed by atoms with Gasteiger partial charge in [0, 0.05) is 57.0 Å². The third-order valence-corrected chi connectivity index (χ3v) is 6.03. The molecular weight excluding hydrogens is 376 g/mol. The number of nitrogens with one attached hydrogen (secondary N) is 2. The minimum Gasteiger partial charge on any atom is -0.355 e. The maximum absolute atomic E-state index is 12.5. The molecule has 0 unspecified atom stereocenters. The van der Waals surface area contributed by atoms with Crippen LogP contribution in [-0.4, -0.2) is 46.9 Å². The van der Waals surface area contributed by atoms with Gasteiger partial charge in [-0.05, 0) is 63.5 Å². The summed E-state index contributed by atoms with van der Waals surface area (Å²) in [6.07, 6.45) is 12.1. The summed E-state index contributed by atoms with van der Waals surface area (Å²) in [7, 11) is 0. The van der Waals surface area contributed by atoms with Crippen molar-refractivity contribution in [2.24, 2.45) is 5.92 Å². The molecule has 2 fully saturated rings. The first-order valence-corrected chi connectivity index (χ1v) is 11.3. The molecule has 2 aliphatic rings. The second-order valence-electron chi connectivity index (χ2n) is 8.99. The van der Waals surface area contributed by atoms with Gasteiger partial charge in [0.15, 0.2) is 0 Å². The Kier molecular flexibility index (Phi) is 8.43. The van der Waals surface area contributed by atoms with Gasteiger partial charge in [-0.15, -0.1) is 0 Å². The molecular formula is C24H36N4O2. The largest absolute Gasteiger partial charge is 0.355 e. The molecule has 2 heterocycles. The van der Waals surface area contributed by atoms with Crippen molar-refractivity contribution in [2.45, 2.75) is 77.4 Å². The molecule has 0 bridgehead atoms. The molecule has 1 aliphatic heterocycles. The highest BCUT2D eigenvalue weighted by Crippen LogP contribution is 2.35. The molecule has 0 spiro atoms. The predicted molar refractivity (Wildman–Crippen MR) is 119 cm³/mol. The fourth-order valence-electron chi connectivity index (χ4n) is 4.15. The van der Waals surface area contributed by atoms with Gasteiger partial charge < -0.3 is 10.6 Å². The van der Waals surface area contributed by atoms with E-state index in [1.807, 2.05) is 12.1 Å². The van der Waals surface area contributed by atoms with E-state index < -0.39 is 0 Å². The van der Waals surface area contributed by atoms with Crippen LogP contribution in [0.4, 0.5) is 0 Å². The molecule has 3 rings (SSSR count). The molecule has 1 aromatic heterocycles. The summed E-state index contributed by atoms with van der Waals surface area (Å²) < 4.78 is 0.